The molecular formula is C14H23FN2O. The van der Waals surface area contributed by atoms with Gasteiger partial charge in [-0.15, -0.1) is 0 Å². The van der Waals surface area contributed by atoms with Crippen molar-refractivity contribution in [2.45, 2.75) is 20.4 Å². The third-order valence-corrected chi connectivity index (χ3v) is 2.74. The number of benzene rings is 1. The van der Waals surface area contributed by atoms with Crippen LogP contribution in [0.25, 0.3) is 0 Å². The van der Waals surface area contributed by atoms with Gasteiger partial charge in [0.2, 0.25) is 0 Å². The van der Waals surface area contributed by atoms with Crippen molar-refractivity contribution >= 4 is 5.69 Å². The maximum Gasteiger partial charge on any atom is 0.125 e. The van der Waals surface area contributed by atoms with Crippen LogP contribution in [0, 0.1) is 5.82 Å². The molecule has 0 unspecified atom stereocenters. The average Bonchev–Trinajstić information content (AvgIpc) is 2.36. The number of hydrogen-bond acceptors (Lipinski definition) is 3. The lowest BCUT2D eigenvalue weighted by Crippen LogP contribution is -2.23. The van der Waals surface area contributed by atoms with Gasteiger partial charge in [0, 0.05) is 32.4 Å². The number of nitrogens with one attached hydrogen (secondary N) is 1. The number of nitrogens with zero attached hydrogens (tertiary/aromatic N) is 1. The first-order valence-electron chi connectivity index (χ1n) is 6.46. The van der Waals surface area contributed by atoms with Gasteiger partial charge in [0.25, 0.3) is 0 Å². The second-order valence-corrected chi connectivity index (χ2v) is 4.22. The monoisotopic (exact) mass is 254 g/mol. The molecule has 0 atom stereocenters. The van der Waals surface area contributed by atoms with E-state index in [9.17, 15) is 4.39 Å². The fourth-order valence-electron chi connectivity index (χ4n) is 1.70. The van der Waals surface area contributed by atoms with Crippen LogP contribution in [0.2, 0.25) is 0 Å². The number of ether oxygens (including phenoxy) is 1. The van der Waals surface area contributed by atoms with E-state index in [-0.39, 0.29) is 5.82 Å². The SMILES string of the molecule is CCNCc1cc(F)cc(N(C)CCOCC)c1. The van der Waals surface area contributed by atoms with Crippen molar-refractivity contribution in [3.8, 4) is 0 Å². The summed E-state index contributed by atoms with van der Waals surface area (Å²) in [6, 6.07) is 5.14. The lowest BCUT2D eigenvalue weighted by molar-refractivity contribution is 0.154. The first kappa shape index (κ1) is 14.9. The van der Waals surface area contributed by atoms with Crippen LogP contribution in [-0.2, 0) is 11.3 Å². The summed E-state index contributed by atoms with van der Waals surface area (Å²) >= 11 is 0. The summed E-state index contributed by atoms with van der Waals surface area (Å²) in [4.78, 5) is 2.01. The summed E-state index contributed by atoms with van der Waals surface area (Å²) in [5.74, 6) is -0.191. The summed E-state index contributed by atoms with van der Waals surface area (Å²) in [7, 11) is 1.95. The van der Waals surface area contributed by atoms with Crippen molar-refractivity contribution in [3.05, 3.63) is 29.6 Å². The lowest BCUT2D eigenvalue weighted by atomic mass is 10.2. The minimum Gasteiger partial charge on any atom is -0.380 e. The molecule has 0 saturated heterocycles. The van der Waals surface area contributed by atoms with Gasteiger partial charge in [-0.1, -0.05) is 6.92 Å². The summed E-state index contributed by atoms with van der Waals surface area (Å²) in [6.45, 7) is 7.71. The first-order valence-corrected chi connectivity index (χ1v) is 6.46. The molecule has 1 N–H and O–H groups in total. The van der Waals surface area contributed by atoms with Crippen molar-refractivity contribution in [3.63, 3.8) is 0 Å². The highest BCUT2D eigenvalue weighted by atomic mass is 19.1. The molecule has 0 aromatic heterocycles. The molecule has 3 nitrogen and oxygen atoms in total. The Morgan fingerprint density at radius 1 is 1.28 bits per heavy atom. The molecule has 18 heavy (non-hydrogen) atoms. The molecule has 0 bridgehead atoms. The van der Waals surface area contributed by atoms with Gasteiger partial charge in [-0.25, -0.2) is 4.39 Å². The molecular weight excluding hydrogens is 231 g/mol. The second-order valence-electron chi connectivity index (χ2n) is 4.22. The van der Waals surface area contributed by atoms with E-state index in [0.29, 0.717) is 19.8 Å². The summed E-state index contributed by atoms with van der Waals surface area (Å²) in [5, 5.41) is 3.20. The third-order valence-electron chi connectivity index (χ3n) is 2.74. The predicted octanol–water partition coefficient (Wildman–Crippen LogP) is 2.41. The lowest BCUT2D eigenvalue weighted by Gasteiger charge is -2.20. The molecule has 4 heteroatoms. The van der Waals surface area contributed by atoms with E-state index in [1.807, 2.05) is 31.9 Å². The van der Waals surface area contributed by atoms with E-state index in [0.717, 1.165) is 24.3 Å². The molecule has 1 aromatic carbocycles. The molecule has 0 fully saturated rings. The number of rotatable bonds is 8. The van der Waals surface area contributed by atoms with E-state index < -0.39 is 0 Å². The molecule has 0 aliphatic carbocycles. The van der Waals surface area contributed by atoms with Crippen LogP contribution >= 0.6 is 0 Å². The molecule has 0 heterocycles. The van der Waals surface area contributed by atoms with Crippen LogP contribution < -0.4 is 10.2 Å². The maximum atomic E-state index is 13.5. The van der Waals surface area contributed by atoms with Crippen molar-refractivity contribution in [1.29, 1.82) is 0 Å². The Hall–Kier alpha value is -1.13. The second kappa shape index (κ2) is 8.06. The van der Waals surface area contributed by atoms with Crippen molar-refractivity contribution in [1.82, 2.24) is 5.32 Å². The van der Waals surface area contributed by atoms with Crippen LogP contribution in [-0.4, -0.2) is 33.4 Å². The molecule has 0 amide bonds. The van der Waals surface area contributed by atoms with Gasteiger partial charge in [0.1, 0.15) is 5.82 Å². The fraction of sp³-hybridized carbons (Fsp3) is 0.571. The van der Waals surface area contributed by atoms with Gasteiger partial charge in [0.15, 0.2) is 0 Å². The zero-order valence-electron chi connectivity index (χ0n) is 11.5. The number of likely N-dealkylation sites (N-methyl/N-ethyl adjacent to an activating group) is 1. The van der Waals surface area contributed by atoms with E-state index >= 15 is 0 Å². The number of anilines is 1. The van der Waals surface area contributed by atoms with Gasteiger partial charge >= 0.3 is 0 Å². The maximum absolute atomic E-state index is 13.5. The van der Waals surface area contributed by atoms with E-state index in [1.54, 1.807) is 12.1 Å². The van der Waals surface area contributed by atoms with Crippen molar-refractivity contribution in [2.24, 2.45) is 0 Å². The Bertz CT molecular complexity index is 358. The topological polar surface area (TPSA) is 24.5 Å². The van der Waals surface area contributed by atoms with Gasteiger partial charge in [-0.2, -0.15) is 0 Å². The smallest absolute Gasteiger partial charge is 0.125 e. The summed E-state index contributed by atoms with van der Waals surface area (Å²) in [6.07, 6.45) is 0. The molecule has 1 rings (SSSR count). The minimum absolute atomic E-state index is 0.191. The highest BCUT2D eigenvalue weighted by molar-refractivity contribution is 5.48. The molecule has 0 aliphatic rings. The van der Waals surface area contributed by atoms with E-state index in [4.69, 9.17) is 4.74 Å². The van der Waals surface area contributed by atoms with E-state index in [2.05, 4.69) is 5.32 Å². The van der Waals surface area contributed by atoms with Crippen LogP contribution in [0.1, 0.15) is 19.4 Å². The Labute approximate surface area is 109 Å². The minimum atomic E-state index is -0.191. The standard InChI is InChI=1S/C14H23FN2O/c1-4-16-11-12-8-13(15)10-14(9-12)17(3)6-7-18-5-2/h8-10,16H,4-7,11H2,1-3H3. The summed E-state index contributed by atoms with van der Waals surface area (Å²) in [5.41, 5.74) is 1.86. The molecule has 0 aliphatic heterocycles. The van der Waals surface area contributed by atoms with Crippen LogP contribution in [0.15, 0.2) is 18.2 Å². The Balaban J connectivity index is 2.65. The van der Waals surface area contributed by atoms with Crippen molar-refractivity contribution < 1.29 is 9.13 Å². The third kappa shape index (κ3) is 5.02. The first-order chi connectivity index (χ1) is 8.67. The van der Waals surface area contributed by atoms with Gasteiger partial charge < -0.3 is 15.0 Å². The highest BCUT2D eigenvalue weighted by Gasteiger charge is 2.05. The largest absolute Gasteiger partial charge is 0.380 e. The molecule has 0 spiro atoms. The molecule has 102 valence electrons. The zero-order valence-corrected chi connectivity index (χ0v) is 11.5. The quantitative estimate of drug-likeness (QED) is 0.721. The normalized spacial score (nSPS) is 10.7. The summed E-state index contributed by atoms with van der Waals surface area (Å²) < 4.78 is 18.8. The Morgan fingerprint density at radius 3 is 2.72 bits per heavy atom. The van der Waals surface area contributed by atoms with Gasteiger partial charge in [-0.3, -0.25) is 0 Å². The van der Waals surface area contributed by atoms with Crippen molar-refractivity contribution in [2.75, 3.05) is 38.3 Å². The average molecular weight is 254 g/mol. The number of hydrogen-bond donors (Lipinski definition) is 1. The van der Waals surface area contributed by atoms with Crippen LogP contribution in [0.3, 0.4) is 0 Å². The van der Waals surface area contributed by atoms with Gasteiger partial charge in [-0.05, 0) is 37.2 Å². The Morgan fingerprint density at radius 2 is 2.06 bits per heavy atom. The predicted molar refractivity (Wildman–Crippen MR) is 73.5 cm³/mol. The fourth-order valence-corrected chi connectivity index (χ4v) is 1.70. The zero-order chi connectivity index (χ0) is 13.4. The Kier molecular flexibility index (Phi) is 6.68. The molecule has 1 aromatic rings. The number of halogens is 1. The molecule has 0 saturated carbocycles. The van der Waals surface area contributed by atoms with Crippen LogP contribution in [0.5, 0.6) is 0 Å². The highest BCUT2D eigenvalue weighted by Crippen LogP contribution is 2.17. The van der Waals surface area contributed by atoms with Gasteiger partial charge in [0.05, 0.1) is 6.61 Å². The van der Waals surface area contributed by atoms with Crippen LogP contribution in [0.4, 0.5) is 10.1 Å². The van der Waals surface area contributed by atoms with E-state index in [1.165, 1.54) is 0 Å². The molecule has 0 radical (unpaired) electrons.